The molecule has 0 saturated heterocycles. The predicted octanol–water partition coefficient (Wildman–Crippen LogP) is 1.18. The Bertz CT molecular complexity index is 390. The quantitative estimate of drug-likeness (QED) is 0.574. The number of guanidine groups is 1. The number of ether oxygens (including phenoxy) is 2. The highest BCUT2D eigenvalue weighted by molar-refractivity contribution is 5.78. The Hall–Kier alpha value is -1.75. The van der Waals surface area contributed by atoms with Crippen LogP contribution in [-0.2, 0) is 11.2 Å². The highest BCUT2D eigenvalue weighted by atomic mass is 16.5. The maximum atomic E-state index is 5.78. The molecule has 3 N–H and O–H groups in total. The number of methoxy groups -OCH3 is 2. The Morgan fingerprint density at radius 1 is 1.32 bits per heavy atom. The molecule has 5 heteroatoms. The zero-order valence-corrected chi connectivity index (χ0v) is 11.8. The predicted molar refractivity (Wildman–Crippen MR) is 77.7 cm³/mol. The summed E-state index contributed by atoms with van der Waals surface area (Å²) >= 11 is 0. The topological polar surface area (TPSA) is 68.9 Å². The second-order valence-corrected chi connectivity index (χ2v) is 4.37. The van der Waals surface area contributed by atoms with Gasteiger partial charge in [-0.15, -0.1) is 0 Å². The average molecular weight is 265 g/mol. The number of hydrogen-bond donors (Lipinski definition) is 2. The number of benzene rings is 1. The molecule has 0 radical (unpaired) electrons. The Morgan fingerprint density at radius 3 is 2.58 bits per heavy atom. The molecule has 0 spiro atoms. The SMILES string of the molecule is COCC(C)NC(N)=NCCc1ccc(OC)cc1. The fourth-order valence-electron chi connectivity index (χ4n) is 1.69. The van der Waals surface area contributed by atoms with Crippen molar-refractivity contribution in [2.45, 2.75) is 19.4 Å². The monoisotopic (exact) mass is 265 g/mol. The lowest BCUT2D eigenvalue weighted by Crippen LogP contribution is -2.40. The van der Waals surface area contributed by atoms with Crippen LogP contribution in [0.3, 0.4) is 0 Å². The largest absolute Gasteiger partial charge is 0.497 e. The van der Waals surface area contributed by atoms with Crippen LogP contribution in [0.4, 0.5) is 0 Å². The zero-order chi connectivity index (χ0) is 14.1. The maximum Gasteiger partial charge on any atom is 0.188 e. The number of nitrogens with two attached hydrogens (primary N) is 1. The van der Waals surface area contributed by atoms with Crippen molar-refractivity contribution in [1.82, 2.24) is 5.32 Å². The van der Waals surface area contributed by atoms with Gasteiger partial charge in [-0.05, 0) is 31.0 Å². The zero-order valence-electron chi connectivity index (χ0n) is 11.8. The highest BCUT2D eigenvalue weighted by Gasteiger charge is 2.01. The van der Waals surface area contributed by atoms with Gasteiger partial charge in [0.2, 0.25) is 0 Å². The lowest BCUT2D eigenvalue weighted by molar-refractivity contribution is 0.179. The number of nitrogens with one attached hydrogen (secondary N) is 1. The van der Waals surface area contributed by atoms with Gasteiger partial charge in [0.25, 0.3) is 0 Å². The molecule has 19 heavy (non-hydrogen) atoms. The summed E-state index contributed by atoms with van der Waals surface area (Å²) in [6.45, 7) is 3.26. The third-order valence-electron chi connectivity index (χ3n) is 2.65. The van der Waals surface area contributed by atoms with Crippen LogP contribution in [0.1, 0.15) is 12.5 Å². The molecule has 5 nitrogen and oxygen atoms in total. The van der Waals surface area contributed by atoms with Crippen LogP contribution in [0.15, 0.2) is 29.3 Å². The van der Waals surface area contributed by atoms with Crippen LogP contribution in [0.5, 0.6) is 5.75 Å². The fraction of sp³-hybridized carbons (Fsp3) is 0.500. The molecule has 0 bridgehead atoms. The van der Waals surface area contributed by atoms with E-state index in [4.69, 9.17) is 15.2 Å². The molecule has 1 aromatic carbocycles. The van der Waals surface area contributed by atoms with Gasteiger partial charge in [0.05, 0.1) is 13.7 Å². The molecular formula is C14H23N3O2. The van der Waals surface area contributed by atoms with Crippen LogP contribution in [0, 0.1) is 0 Å². The van der Waals surface area contributed by atoms with E-state index < -0.39 is 0 Å². The van der Waals surface area contributed by atoms with E-state index >= 15 is 0 Å². The van der Waals surface area contributed by atoms with Crippen LogP contribution >= 0.6 is 0 Å². The normalized spacial score (nSPS) is 13.1. The van der Waals surface area contributed by atoms with Crippen molar-refractivity contribution >= 4 is 5.96 Å². The molecule has 1 atom stereocenters. The van der Waals surface area contributed by atoms with E-state index in [1.54, 1.807) is 14.2 Å². The smallest absolute Gasteiger partial charge is 0.188 e. The minimum absolute atomic E-state index is 0.162. The summed E-state index contributed by atoms with van der Waals surface area (Å²) in [6, 6.07) is 8.12. The fourth-order valence-corrected chi connectivity index (χ4v) is 1.69. The number of nitrogens with zero attached hydrogens (tertiary/aromatic N) is 1. The van der Waals surface area contributed by atoms with Gasteiger partial charge >= 0.3 is 0 Å². The molecule has 0 aliphatic rings. The van der Waals surface area contributed by atoms with Crippen molar-refractivity contribution in [2.24, 2.45) is 10.7 Å². The van der Waals surface area contributed by atoms with E-state index in [-0.39, 0.29) is 6.04 Å². The molecule has 1 rings (SSSR count). The number of hydrogen-bond acceptors (Lipinski definition) is 3. The van der Waals surface area contributed by atoms with Crippen molar-refractivity contribution in [2.75, 3.05) is 27.4 Å². The van der Waals surface area contributed by atoms with Gasteiger partial charge in [0.1, 0.15) is 5.75 Å². The Balaban J connectivity index is 2.35. The number of aliphatic imine (C=N–C) groups is 1. The first-order chi connectivity index (χ1) is 9.15. The van der Waals surface area contributed by atoms with Crippen molar-refractivity contribution in [3.8, 4) is 5.75 Å². The third-order valence-corrected chi connectivity index (χ3v) is 2.65. The summed E-state index contributed by atoms with van der Waals surface area (Å²) in [7, 11) is 3.32. The van der Waals surface area contributed by atoms with Crippen LogP contribution in [0.2, 0.25) is 0 Å². The number of rotatable bonds is 7. The van der Waals surface area contributed by atoms with E-state index in [9.17, 15) is 0 Å². The molecule has 0 fully saturated rings. The van der Waals surface area contributed by atoms with Crippen LogP contribution in [-0.4, -0.2) is 39.4 Å². The van der Waals surface area contributed by atoms with Crippen LogP contribution in [0.25, 0.3) is 0 Å². The molecule has 0 aromatic heterocycles. The minimum atomic E-state index is 0.162. The van der Waals surface area contributed by atoms with Crippen molar-refractivity contribution in [3.05, 3.63) is 29.8 Å². The van der Waals surface area contributed by atoms with E-state index in [0.29, 0.717) is 19.1 Å². The highest BCUT2D eigenvalue weighted by Crippen LogP contribution is 2.11. The van der Waals surface area contributed by atoms with Crippen molar-refractivity contribution in [1.29, 1.82) is 0 Å². The summed E-state index contributed by atoms with van der Waals surface area (Å²) in [4.78, 5) is 4.28. The first-order valence-corrected chi connectivity index (χ1v) is 6.34. The van der Waals surface area contributed by atoms with Gasteiger partial charge in [-0.25, -0.2) is 0 Å². The summed E-state index contributed by atoms with van der Waals surface area (Å²) in [6.07, 6.45) is 0.852. The van der Waals surface area contributed by atoms with E-state index in [1.165, 1.54) is 5.56 Å². The third kappa shape index (κ3) is 6.10. The van der Waals surface area contributed by atoms with Gasteiger partial charge in [-0.1, -0.05) is 12.1 Å². The molecule has 106 valence electrons. The van der Waals surface area contributed by atoms with Gasteiger partial charge in [0.15, 0.2) is 5.96 Å². The Labute approximate surface area is 114 Å². The molecule has 0 aliphatic carbocycles. The second kappa shape index (κ2) is 8.37. The van der Waals surface area contributed by atoms with Gasteiger partial charge in [0, 0.05) is 19.7 Å². The lowest BCUT2D eigenvalue weighted by Gasteiger charge is -2.13. The first kappa shape index (κ1) is 15.3. The summed E-state index contributed by atoms with van der Waals surface area (Å²) < 4.78 is 10.1. The van der Waals surface area contributed by atoms with E-state index in [0.717, 1.165) is 12.2 Å². The van der Waals surface area contributed by atoms with Crippen molar-refractivity contribution < 1.29 is 9.47 Å². The lowest BCUT2D eigenvalue weighted by atomic mass is 10.1. The Kier molecular flexibility index (Phi) is 6.74. The molecule has 1 unspecified atom stereocenters. The molecule has 0 amide bonds. The molecular weight excluding hydrogens is 242 g/mol. The Morgan fingerprint density at radius 2 is 2.00 bits per heavy atom. The molecule has 1 aromatic rings. The molecule has 0 heterocycles. The van der Waals surface area contributed by atoms with Crippen molar-refractivity contribution in [3.63, 3.8) is 0 Å². The van der Waals surface area contributed by atoms with E-state index in [1.807, 2.05) is 31.2 Å². The standard InChI is InChI=1S/C14H23N3O2/c1-11(10-18-2)17-14(15)16-9-8-12-4-6-13(19-3)7-5-12/h4-7,11H,8-10H2,1-3H3,(H3,15,16,17). The summed E-state index contributed by atoms with van der Waals surface area (Å²) in [5.41, 5.74) is 6.99. The second-order valence-electron chi connectivity index (χ2n) is 4.37. The average Bonchev–Trinajstić information content (AvgIpc) is 2.39. The minimum Gasteiger partial charge on any atom is -0.497 e. The van der Waals surface area contributed by atoms with Gasteiger partial charge in [-0.3, -0.25) is 4.99 Å². The maximum absolute atomic E-state index is 5.78. The van der Waals surface area contributed by atoms with Gasteiger partial charge < -0.3 is 20.5 Å². The summed E-state index contributed by atoms with van der Waals surface area (Å²) in [5.74, 6) is 1.32. The van der Waals surface area contributed by atoms with E-state index in [2.05, 4.69) is 10.3 Å². The van der Waals surface area contributed by atoms with Gasteiger partial charge in [-0.2, -0.15) is 0 Å². The summed E-state index contributed by atoms with van der Waals surface area (Å²) in [5, 5.41) is 3.07. The first-order valence-electron chi connectivity index (χ1n) is 6.34. The molecule has 0 saturated carbocycles. The molecule has 0 aliphatic heterocycles. The van der Waals surface area contributed by atoms with Crippen LogP contribution < -0.4 is 15.8 Å².